The summed E-state index contributed by atoms with van der Waals surface area (Å²) in [5.41, 5.74) is 18.8. The highest BCUT2D eigenvalue weighted by molar-refractivity contribution is 6.76. The third-order valence-corrected chi connectivity index (χ3v) is 23.3. The maximum absolute atomic E-state index is 12.7. The van der Waals surface area contributed by atoms with E-state index in [0.29, 0.717) is 58.2 Å². The minimum absolute atomic E-state index is 0. The second-order valence-corrected chi connectivity index (χ2v) is 38.4. The van der Waals surface area contributed by atoms with Crippen molar-refractivity contribution in [3.05, 3.63) is 284 Å². The Bertz CT molecular complexity index is 4850. The zero-order chi connectivity index (χ0) is 91.3. The molecule has 7 heterocycles. The summed E-state index contributed by atoms with van der Waals surface area (Å²) in [7, 11) is 4.58. The van der Waals surface area contributed by atoms with Crippen LogP contribution >= 0.6 is 0 Å². The van der Waals surface area contributed by atoms with Crippen LogP contribution in [0.15, 0.2) is 222 Å². The number of methoxy groups -OCH3 is 4. The smallest absolute Gasteiger partial charge is 0.376 e. The number of Topliss-reactive ketones (excluding diaryl/α,β-unsaturated/α-hetero) is 1. The molecule has 692 valence electrons. The molecule has 8 unspecified atom stereocenters. The molecule has 14 N–H and O–H groups in total. The average Bonchev–Trinajstić information content (AvgIpc) is 1.63. The third kappa shape index (κ3) is 33.0. The predicted octanol–water partition coefficient (Wildman–Crippen LogP) is 9.80. The van der Waals surface area contributed by atoms with E-state index < -0.39 is 55.6 Å². The van der Waals surface area contributed by atoms with Crippen molar-refractivity contribution < 1.29 is 62.8 Å². The number of nitrogens with two attached hydrogens (primary N) is 5. The molecule has 0 radical (unpaired) electrons. The molecule has 0 bridgehead atoms. The lowest BCUT2D eigenvalue weighted by molar-refractivity contribution is -0.151. The average molecular weight is 1780 g/mol. The largest absolute Gasteiger partial charge is 0.469 e. The Morgan fingerprint density at radius 1 is 0.500 bits per heavy atom. The van der Waals surface area contributed by atoms with Gasteiger partial charge in [-0.25, -0.2) is 9.59 Å². The number of amidine groups is 2. The maximum Gasteiger partial charge on any atom is 0.376 e. The van der Waals surface area contributed by atoms with Gasteiger partial charge < -0.3 is 46.7 Å². The van der Waals surface area contributed by atoms with Gasteiger partial charge >= 0.3 is 17.9 Å². The number of H-pyrrole nitrogens is 1. The first-order valence-corrected chi connectivity index (χ1v) is 45.4. The third-order valence-electron chi connectivity index (χ3n) is 21.9. The van der Waals surface area contributed by atoms with Gasteiger partial charge in [0.2, 0.25) is 0 Å². The highest BCUT2D eigenvalue weighted by Gasteiger charge is 2.41. The fourth-order valence-corrected chi connectivity index (χ4v) is 17.3. The Labute approximate surface area is 755 Å². The predicted molar refractivity (Wildman–Crippen MR) is 503 cm³/mol. The van der Waals surface area contributed by atoms with E-state index >= 15 is 0 Å². The normalized spacial score (nSPS) is 19.2. The van der Waals surface area contributed by atoms with E-state index in [1.807, 2.05) is 48.5 Å². The molecule has 8 atom stereocenters. The van der Waals surface area contributed by atoms with Gasteiger partial charge in [-0.05, 0) is 88.8 Å². The van der Waals surface area contributed by atoms with Gasteiger partial charge in [0.05, 0.1) is 83.2 Å². The fourth-order valence-electron chi connectivity index (χ4n) is 15.8. The van der Waals surface area contributed by atoms with Crippen LogP contribution in [0.5, 0.6) is 0 Å². The van der Waals surface area contributed by atoms with Gasteiger partial charge in [0, 0.05) is 116 Å². The molecule has 4 amide bonds. The van der Waals surface area contributed by atoms with Crippen LogP contribution in [0, 0.1) is 46.8 Å². The van der Waals surface area contributed by atoms with E-state index in [2.05, 4.69) is 216 Å². The number of hydrogen-bond acceptors (Lipinski definition) is 25. The van der Waals surface area contributed by atoms with Gasteiger partial charge in [-0.1, -0.05) is 244 Å². The summed E-state index contributed by atoms with van der Waals surface area (Å²) in [4.78, 5) is 122. The number of nitrogens with one attached hydrogen (secondary N) is 2. The van der Waals surface area contributed by atoms with E-state index in [-0.39, 0.29) is 73.4 Å². The number of hydrogen-bond donors (Lipinski definition) is 7. The quantitative estimate of drug-likeness (QED) is 0.00253. The van der Waals surface area contributed by atoms with Crippen molar-refractivity contribution in [2.24, 2.45) is 75.5 Å². The van der Waals surface area contributed by atoms with E-state index in [1.54, 1.807) is 56.5 Å². The topological polar surface area (TPSA) is 453 Å². The Balaban J connectivity index is 0.000000321. The molecule has 4 saturated heterocycles. The molecule has 32 heteroatoms. The first kappa shape index (κ1) is 108. The number of rotatable bonds is 24. The second-order valence-electron chi connectivity index (χ2n) is 32.9. The number of fused-ring (bicyclic) bond motifs is 2. The van der Waals surface area contributed by atoms with Gasteiger partial charge in [-0.2, -0.15) is 5.10 Å². The summed E-state index contributed by atoms with van der Waals surface area (Å²) >= 11 is 0. The van der Waals surface area contributed by atoms with E-state index in [9.17, 15) is 43.2 Å². The van der Waals surface area contributed by atoms with Crippen LogP contribution in [-0.4, -0.2) is 222 Å². The van der Waals surface area contributed by atoms with Gasteiger partial charge in [0.1, 0.15) is 17.4 Å². The SMILES string of the molecule is C.C.C/C=C/C(=O)OC.CC1CN(Cc2ccccc2)CC1C(=N)N.CC1CN(Cc2ccccc2)CC1C(N)=NN.CC1CN(Cc2ccccc2)CC1c1nnc(CN2C(=O)c3ccccc3C2=O)c(=O)[nH]1.COC(=O)C(=O)CN1C(=O)c2ccccc2C1=O.COC(=O)C1CN(Cc2ccccc2)CC1C.COCN(Cc1ccccc1)C[Si](C)(C)C.NN.O. The number of esters is 3. The molecule has 0 spiro atoms. The number of carbonyl (C=O) groups excluding carboxylic acids is 8. The molecule has 1 aromatic heterocycles. The number of aromatic amines is 1. The van der Waals surface area contributed by atoms with E-state index in [0.717, 1.165) is 109 Å². The van der Waals surface area contributed by atoms with E-state index in [4.69, 9.17) is 32.2 Å². The summed E-state index contributed by atoms with van der Waals surface area (Å²) in [6.07, 6.45) is 4.17. The van der Waals surface area contributed by atoms with Crippen LogP contribution in [0.4, 0.5) is 0 Å². The van der Waals surface area contributed by atoms with Crippen LogP contribution < -0.4 is 34.6 Å². The highest BCUT2D eigenvalue weighted by atomic mass is 28.3. The molecule has 6 aliphatic heterocycles. The zero-order valence-corrected chi connectivity index (χ0v) is 75.5. The number of allylic oxidation sites excluding steroid dienone is 1. The van der Waals surface area contributed by atoms with Crippen LogP contribution in [-0.2, 0) is 77.4 Å². The molecule has 0 aliphatic carbocycles. The number of aromatic nitrogens is 3. The summed E-state index contributed by atoms with van der Waals surface area (Å²) < 4.78 is 18.6. The molecule has 31 nitrogen and oxygen atoms in total. The van der Waals surface area contributed by atoms with Crippen molar-refractivity contribution in [3.63, 3.8) is 0 Å². The first-order valence-electron chi connectivity index (χ1n) is 41.7. The summed E-state index contributed by atoms with van der Waals surface area (Å²) in [5, 5.41) is 19.5. The molecule has 8 aromatic rings. The Hall–Kier alpha value is -12.0. The summed E-state index contributed by atoms with van der Waals surface area (Å²) in [6, 6.07) is 65.0. The van der Waals surface area contributed by atoms with Crippen molar-refractivity contribution in [1.82, 2.24) is 49.5 Å². The molecule has 14 rings (SSSR count). The number of nitrogens with zero attached hydrogens (tertiary/aromatic N) is 10. The molecule has 7 aromatic carbocycles. The number of amides is 4. The van der Waals surface area contributed by atoms with Gasteiger partial charge in [0.25, 0.3) is 35.0 Å². The van der Waals surface area contributed by atoms with Crippen molar-refractivity contribution in [2.45, 2.75) is 114 Å². The summed E-state index contributed by atoms with van der Waals surface area (Å²) in [5.74, 6) is 12.7. The number of ether oxygens (including phenoxy) is 4. The van der Waals surface area contributed by atoms with Crippen LogP contribution in [0.2, 0.25) is 19.6 Å². The second kappa shape index (κ2) is 54.9. The standard InChI is InChI=1S/C24H23N5O3.C14H19NO2.C13H20N4.C13H19N3.C13H23NOSi.C12H9NO5.C5H8O2.2CH4.H4N2.H2O/c1-15-11-28(12-16-7-3-2-4-8-16)13-19(15)21-25-22(30)20(26-27-21)14-29-23(31)17-9-5-6-10-18(17)24(29)32;1-11-8-15(10-13(11)14(16)17-2)9-12-6-4-3-5-7-12;1-10-7-17(9-12(10)13(14)16-15)8-11-5-3-2-4-6-11;1-10-7-16(9-12(10)13(14)15)8-11-5-3-2-4-6-11;1-15-11-14(12-16(2,3)4)10-13-8-6-5-7-9-13;1-18-12(17)9(14)6-13-10(15)7-4-2-3-5-8(7)11(13)16;1-3-4-5(6)7-2;;;1-2;/h2-10,15,19H,11-14H2,1H3,(H,25,27,30);3-7,11,13H,8-10H2,1-2H3;2-6,10,12H,7-9,15H2,1H3,(H2,14,16);2-6,10,12H,7-9H2,1H3,(H3,14,15);5-9H,10-12H2,1-4H3;2-5H,6H2,1H3;3-4H,1-2H3;2*1H4;1-2H2;1H2/b;;;;;;4-3+;;;;. The molecule has 6 aliphatic rings. The number of hydrazone groups is 1. The molecule has 128 heavy (non-hydrogen) atoms. The van der Waals surface area contributed by atoms with Gasteiger partial charge in [-0.15, -0.1) is 10.2 Å². The van der Waals surface area contributed by atoms with Crippen molar-refractivity contribution in [2.75, 3.05) is 100 Å². The lowest BCUT2D eigenvalue weighted by atomic mass is 9.97. The number of ketones is 1. The minimum Gasteiger partial charge on any atom is -0.469 e. The molecule has 0 saturated carbocycles. The number of carbonyl (C=O) groups is 8. The zero-order valence-electron chi connectivity index (χ0n) is 74.5. The van der Waals surface area contributed by atoms with Crippen LogP contribution in [0.1, 0.15) is 136 Å². The van der Waals surface area contributed by atoms with Crippen molar-refractivity contribution in [3.8, 4) is 0 Å². The first-order chi connectivity index (χ1) is 60.0. The van der Waals surface area contributed by atoms with Crippen LogP contribution in [0.25, 0.3) is 0 Å². The van der Waals surface area contributed by atoms with Crippen molar-refractivity contribution >= 4 is 67.1 Å². The molecular weight excluding hydrogens is 1640 g/mol. The lowest BCUT2D eigenvalue weighted by Crippen LogP contribution is -2.40. The molecule has 4 fully saturated rings. The lowest BCUT2D eigenvalue weighted by Gasteiger charge is -2.28. The van der Waals surface area contributed by atoms with E-state index in [1.165, 1.54) is 66.4 Å². The Morgan fingerprint density at radius 2 is 0.867 bits per heavy atom. The van der Waals surface area contributed by atoms with Crippen molar-refractivity contribution in [1.29, 1.82) is 5.41 Å². The minimum atomic E-state index is -1.08. The Morgan fingerprint density at radius 3 is 1.22 bits per heavy atom. The fraction of sp³-hybridized carbons (Fsp3) is 0.406. The number of hydrazine groups is 1. The summed E-state index contributed by atoms with van der Waals surface area (Å²) in [6.45, 7) is 29.6. The number of imide groups is 2. The highest BCUT2D eigenvalue weighted by Crippen LogP contribution is 2.33. The van der Waals surface area contributed by atoms with Gasteiger partial charge in [-0.3, -0.25) is 85.0 Å². The maximum atomic E-state index is 12.7. The van der Waals surface area contributed by atoms with Crippen LogP contribution in [0.3, 0.4) is 0 Å². The van der Waals surface area contributed by atoms with Gasteiger partial charge in [0.15, 0.2) is 0 Å². The number of likely N-dealkylation sites (tertiary alicyclic amines) is 4. The monoisotopic (exact) mass is 1780 g/mol. The Kier molecular flexibility index (Phi) is 46.5. The number of benzene rings is 7. The molecular formula is C96H135N17O14Si.